The van der Waals surface area contributed by atoms with E-state index in [0.717, 1.165) is 11.1 Å². The Bertz CT molecular complexity index is 386. The zero-order chi connectivity index (χ0) is 9.84. The van der Waals surface area contributed by atoms with E-state index >= 15 is 0 Å². The van der Waals surface area contributed by atoms with Crippen molar-refractivity contribution < 1.29 is 4.39 Å². The van der Waals surface area contributed by atoms with Gasteiger partial charge in [-0.3, -0.25) is 0 Å². The predicted octanol–water partition coefficient (Wildman–Crippen LogP) is 3.06. The number of halogens is 1. The van der Waals surface area contributed by atoms with Gasteiger partial charge in [-0.05, 0) is 36.6 Å². The molecule has 1 nitrogen and oxygen atoms in total. The third-order valence-electron chi connectivity index (χ3n) is 1.91. The van der Waals surface area contributed by atoms with Crippen molar-refractivity contribution in [2.45, 2.75) is 13.8 Å². The number of hydrogen-bond acceptors (Lipinski definition) is 1. The normalized spacial score (nSPS) is 11.1. The molecule has 13 heavy (non-hydrogen) atoms. The molecule has 66 valence electrons. The van der Waals surface area contributed by atoms with Gasteiger partial charge in [-0.2, -0.15) is 5.26 Å². The molecule has 0 spiro atoms. The molecule has 0 bridgehead atoms. The molecule has 0 radical (unpaired) electrons. The lowest BCUT2D eigenvalue weighted by atomic mass is 10.1. The summed E-state index contributed by atoms with van der Waals surface area (Å²) < 4.78 is 13.1. The number of hydrogen-bond donors (Lipinski definition) is 0. The van der Waals surface area contributed by atoms with Gasteiger partial charge in [-0.1, -0.05) is 12.1 Å². The van der Waals surface area contributed by atoms with E-state index in [9.17, 15) is 4.39 Å². The first-order chi connectivity index (χ1) is 6.15. The Morgan fingerprint density at radius 3 is 2.77 bits per heavy atom. The molecule has 0 heterocycles. The summed E-state index contributed by atoms with van der Waals surface area (Å²) >= 11 is 0. The molecule has 0 saturated heterocycles. The van der Waals surface area contributed by atoms with Gasteiger partial charge in [0.15, 0.2) is 0 Å². The van der Waals surface area contributed by atoms with Crippen LogP contribution in [0.4, 0.5) is 4.39 Å². The first-order valence-electron chi connectivity index (χ1n) is 3.98. The van der Waals surface area contributed by atoms with Crippen molar-refractivity contribution in [3.8, 4) is 6.07 Å². The quantitative estimate of drug-likeness (QED) is 0.602. The molecule has 0 aliphatic heterocycles. The summed E-state index contributed by atoms with van der Waals surface area (Å²) in [5.41, 5.74) is 2.15. The highest BCUT2D eigenvalue weighted by Gasteiger charge is 2.00. The molecular weight excluding hydrogens is 165 g/mol. The fraction of sp³-hybridized carbons (Fsp3) is 0.182. The molecule has 1 rings (SSSR count). The Kier molecular flexibility index (Phi) is 2.81. The van der Waals surface area contributed by atoms with Crippen molar-refractivity contribution in [2.24, 2.45) is 0 Å². The molecule has 1 aromatic rings. The summed E-state index contributed by atoms with van der Waals surface area (Å²) in [6.45, 7) is 3.50. The Morgan fingerprint density at radius 1 is 1.54 bits per heavy atom. The maximum atomic E-state index is 13.1. The molecule has 0 fully saturated rings. The van der Waals surface area contributed by atoms with E-state index in [1.54, 1.807) is 19.9 Å². The second-order valence-electron chi connectivity index (χ2n) is 2.92. The molecule has 0 aromatic heterocycles. The zero-order valence-electron chi connectivity index (χ0n) is 7.63. The molecule has 0 atom stereocenters. The number of nitriles is 1. The molecule has 0 N–H and O–H groups in total. The van der Waals surface area contributed by atoms with E-state index in [1.807, 2.05) is 12.1 Å². The van der Waals surface area contributed by atoms with E-state index in [0.29, 0.717) is 5.56 Å². The third-order valence-corrected chi connectivity index (χ3v) is 1.91. The van der Waals surface area contributed by atoms with Crippen molar-refractivity contribution in [3.05, 3.63) is 41.2 Å². The topological polar surface area (TPSA) is 23.8 Å². The van der Waals surface area contributed by atoms with E-state index in [2.05, 4.69) is 0 Å². The fourth-order valence-corrected chi connectivity index (χ4v) is 1.02. The Labute approximate surface area is 77.1 Å². The molecular formula is C11H10FN. The van der Waals surface area contributed by atoms with Crippen LogP contribution in [0.5, 0.6) is 0 Å². The van der Waals surface area contributed by atoms with Crippen LogP contribution in [-0.4, -0.2) is 0 Å². The summed E-state index contributed by atoms with van der Waals surface area (Å²) in [6.07, 6.45) is 1.41. The van der Waals surface area contributed by atoms with E-state index in [1.165, 1.54) is 12.1 Å². The first kappa shape index (κ1) is 9.47. The summed E-state index contributed by atoms with van der Waals surface area (Å²) in [7, 11) is 0. The van der Waals surface area contributed by atoms with Crippen LogP contribution in [0.3, 0.4) is 0 Å². The summed E-state index contributed by atoms with van der Waals surface area (Å²) in [4.78, 5) is 0. The van der Waals surface area contributed by atoms with Gasteiger partial charge in [-0.25, -0.2) is 4.39 Å². The van der Waals surface area contributed by atoms with Crippen LogP contribution in [0.15, 0.2) is 24.3 Å². The van der Waals surface area contributed by atoms with Crippen LogP contribution >= 0.6 is 0 Å². The van der Waals surface area contributed by atoms with Gasteiger partial charge in [0, 0.05) is 6.08 Å². The van der Waals surface area contributed by atoms with E-state index < -0.39 is 0 Å². The molecule has 0 saturated carbocycles. The van der Waals surface area contributed by atoms with Crippen LogP contribution < -0.4 is 0 Å². The Morgan fingerprint density at radius 2 is 2.23 bits per heavy atom. The molecule has 0 amide bonds. The van der Waals surface area contributed by atoms with Crippen LogP contribution in [0.25, 0.3) is 5.57 Å². The maximum Gasteiger partial charge on any atom is 0.126 e. The number of rotatable bonds is 1. The largest absolute Gasteiger partial charge is 0.207 e. The van der Waals surface area contributed by atoms with Gasteiger partial charge >= 0.3 is 0 Å². The number of benzene rings is 1. The Hall–Kier alpha value is -1.62. The van der Waals surface area contributed by atoms with Crippen LogP contribution in [-0.2, 0) is 0 Å². The average Bonchev–Trinajstić information content (AvgIpc) is 2.10. The molecule has 0 unspecified atom stereocenters. The van der Waals surface area contributed by atoms with Gasteiger partial charge in [0.1, 0.15) is 5.82 Å². The minimum absolute atomic E-state index is 0.233. The molecule has 0 aliphatic carbocycles. The monoisotopic (exact) mass is 175 g/mol. The van der Waals surface area contributed by atoms with E-state index in [-0.39, 0.29) is 5.82 Å². The highest BCUT2D eigenvalue weighted by Crippen LogP contribution is 2.16. The minimum atomic E-state index is -0.233. The van der Waals surface area contributed by atoms with Crippen molar-refractivity contribution in [2.75, 3.05) is 0 Å². The second-order valence-corrected chi connectivity index (χ2v) is 2.92. The molecule has 1 aromatic carbocycles. The standard InChI is InChI=1S/C11H10FN/c1-8(5-6-13)10-4-3-9(2)11(12)7-10/h3-5,7H,1-2H3/b8-5-. The van der Waals surface area contributed by atoms with E-state index in [4.69, 9.17) is 5.26 Å². The smallest absolute Gasteiger partial charge is 0.126 e. The highest BCUT2D eigenvalue weighted by atomic mass is 19.1. The summed E-state index contributed by atoms with van der Waals surface area (Å²) in [6, 6.07) is 6.87. The lowest BCUT2D eigenvalue weighted by Crippen LogP contribution is -1.85. The Balaban J connectivity index is 3.13. The van der Waals surface area contributed by atoms with Crippen LogP contribution in [0.2, 0.25) is 0 Å². The van der Waals surface area contributed by atoms with Gasteiger partial charge < -0.3 is 0 Å². The maximum absolute atomic E-state index is 13.1. The summed E-state index contributed by atoms with van der Waals surface area (Å²) in [5.74, 6) is -0.233. The van der Waals surface area contributed by atoms with Crippen molar-refractivity contribution in [3.63, 3.8) is 0 Å². The van der Waals surface area contributed by atoms with Crippen molar-refractivity contribution in [1.82, 2.24) is 0 Å². The number of aryl methyl sites for hydroxylation is 1. The lowest BCUT2D eigenvalue weighted by Gasteiger charge is -2.01. The minimum Gasteiger partial charge on any atom is -0.207 e. The summed E-state index contributed by atoms with van der Waals surface area (Å²) in [5, 5.41) is 8.40. The molecule has 2 heteroatoms. The highest BCUT2D eigenvalue weighted by molar-refractivity contribution is 5.65. The zero-order valence-corrected chi connectivity index (χ0v) is 7.63. The number of allylic oxidation sites excluding steroid dienone is 2. The molecule has 0 aliphatic rings. The van der Waals surface area contributed by atoms with Gasteiger partial charge in [-0.15, -0.1) is 0 Å². The first-order valence-corrected chi connectivity index (χ1v) is 3.98. The van der Waals surface area contributed by atoms with Gasteiger partial charge in [0.05, 0.1) is 6.07 Å². The van der Waals surface area contributed by atoms with Gasteiger partial charge in [0.2, 0.25) is 0 Å². The predicted molar refractivity (Wildman–Crippen MR) is 50.4 cm³/mol. The fourth-order valence-electron chi connectivity index (χ4n) is 1.02. The third kappa shape index (κ3) is 2.16. The average molecular weight is 175 g/mol. The lowest BCUT2D eigenvalue weighted by molar-refractivity contribution is 0.618. The van der Waals surface area contributed by atoms with Crippen LogP contribution in [0, 0.1) is 24.1 Å². The second kappa shape index (κ2) is 3.86. The van der Waals surface area contributed by atoms with Crippen molar-refractivity contribution in [1.29, 1.82) is 5.26 Å². The number of nitrogens with zero attached hydrogens (tertiary/aromatic N) is 1. The van der Waals surface area contributed by atoms with Crippen molar-refractivity contribution >= 4 is 5.57 Å². The SMILES string of the molecule is C/C(=C/C#N)c1ccc(C)c(F)c1. The van der Waals surface area contributed by atoms with Gasteiger partial charge in [0.25, 0.3) is 0 Å². The van der Waals surface area contributed by atoms with Crippen LogP contribution in [0.1, 0.15) is 18.1 Å².